The van der Waals surface area contributed by atoms with E-state index in [1.54, 1.807) is 6.26 Å². The molecule has 1 aliphatic rings. The Hall–Kier alpha value is -2.30. The summed E-state index contributed by atoms with van der Waals surface area (Å²) >= 11 is 0. The highest BCUT2D eigenvalue weighted by Gasteiger charge is 2.24. The summed E-state index contributed by atoms with van der Waals surface area (Å²) in [5.74, 6) is 2.03. The maximum Gasteiger partial charge on any atom is 0.307 e. The molecule has 0 fully saturated rings. The van der Waals surface area contributed by atoms with E-state index in [1.165, 1.54) is 0 Å². The van der Waals surface area contributed by atoms with Crippen molar-refractivity contribution in [1.29, 1.82) is 0 Å². The molecule has 1 atom stereocenters. The minimum Gasteiger partial charge on any atom is -0.468 e. The van der Waals surface area contributed by atoms with Crippen molar-refractivity contribution in [1.82, 2.24) is 5.32 Å². The van der Waals surface area contributed by atoms with Crippen LogP contribution in [0.25, 0.3) is 10.8 Å². The fourth-order valence-corrected chi connectivity index (χ4v) is 2.76. The van der Waals surface area contributed by atoms with Crippen molar-refractivity contribution in [3.05, 3.63) is 36.3 Å². The fourth-order valence-electron chi connectivity index (χ4n) is 2.76. The van der Waals surface area contributed by atoms with Gasteiger partial charge in [-0.25, -0.2) is 0 Å². The summed E-state index contributed by atoms with van der Waals surface area (Å²) in [5, 5.41) is 5.51. The Morgan fingerprint density at radius 3 is 3.18 bits per heavy atom. The second kappa shape index (κ2) is 6.64. The van der Waals surface area contributed by atoms with Gasteiger partial charge in [-0.05, 0) is 6.92 Å². The quantitative estimate of drug-likeness (QED) is 0.862. The monoisotopic (exact) mass is 300 g/mol. The number of aliphatic imine (C=N–C) groups is 1. The Morgan fingerprint density at radius 2 is 2.32 bits per heavy atom. The first-order valence-corrected chi connectivity index (χ1v) is 7.67. The van der Waals surface area contributed by atoms with Crippen molar-refractivity contribution in [2.45, 2.75) is 25.7 Å². The molecule has 22 heavy (non-hydrogen) atoms. The van der Waals surface area contributed by atoms with Crippen LogP contribution in [0.1, 0.15) is 31.4 Å². The van der Waals surface area contributed by atoms with E-state index < -0.39 is 0 Å². The molecular formula is C17H20N2O3. The average Bonchev–Trinajstić information content (AvgIpc) is 3.13. The smallest absolute Gasteiger partial charge is 0.307 e. The van der Waals surface area contributed by atoms with Gasteiger partial charge in [0.2, 0.25) is 0 Å². The number of hydrogen-bond donors (Lipinski definition) is 1. The second-order valence-electron chi connectivity index (χ2n) is 5.36. The van der Waals surface area contributed by atoms with Crippen molar-refractivity contribution >= 4 is 22.6 Å². The number of ether oxygens (including phenoxy) is 1. The minimum atomic E-state index is -0.179. The van der Waals surface area contributed by atoms with Crippen LogP contribution in [0, 0.1) is 0 Å². The van der Waals surface area contributed by atoms with Crippen LogP contribution in [-0.4, -0.2) is 31.5 Å². The molecule has 0 amide bonds. The number of esters is 1. The number of furan rings is 1. The fraction of sp³-hybridized carbons (Fsp3) is 0.412. The number of carbonyl (C=O) groups is 1. The van der Waals surface area contributed by atoms with Crippen LogP contribution in [-0.2, 0) is 9.53 Å². The summed E-state index contributed by atoms with van der Waals surface area (Å²) in [4.78, 5) is 15.8. The molecule has 0 radical (unpaired) electrons. The molecule has 0 saturated carbocycles. The highest BCUT2D eigenvalue weighted by atomic mass is 16.5. The van der Waals surface area contributed by atoms with Crippen LogP contribution in [0.2, 0.25) is 0 Å². The third kappa shape index (κ3) is 3.13. The zero-order valence-corrected chi connectivity index (χ0v) is 12.7. The predicted molar refractivity (Wildman–Crippen MR) is 85.1 cm³/mol. The standard InChI is InChI=1S/C17H20N2O3/c1-2-21-16(20)7-8-18-15-9-13(10-19-15)17-14-6-4-3-5-12(14)11-22-17/h3-6,11,13H,2,7-10H2,1H3,(H,18,19). The molecule has 1 unspecified atom stereocenters. The molecule has 1 aliphatic heterocycles. The van der Waals surface area contributed by atoms with Crippen molar-refractivity contribution in [2.24, 2.45) is 4.99 Å². The zero-order chi connectivity index (χ0) is 15.4. The number of carbonyl (C=O) groups excluding carboxylic acids is 1. The molecule has 1 N–H and O–H groups in total. The molecule has 1 aromatic heterocycles. The van der Waals surface area contributed by atoms with Crippen LogP contribution in [0.15, 0.2) is 39.9 Å². The van der Waals surface area contributed by atoms with Crippen molar-refractivity contribution in [3.63, 3.8) is 0 Å². The molecule has 5 heteroatoms. The molecule has 5 nitrogen and oxygen atoms in total. The van der Waals surface area contributed by atoms with Crippen molar-refractivity contribution in [2.75, 3.05) is 19.7 Å². The normalized spacial score (nSPS) is 17.5. The van der Waals surface area contributed by atoms with E-state index >= 15 is 0 Å². The molecule has 1 aromatic carbocycles. The maximum atomic E-state index is 11.3. The summed E-state index contributed by atoms with van der Waals surface area (Å²) in [6.07, 6.45) is 2.98. The minimum absolute atomic E-state index is 0.179. The largest absolute Gasteiger partial charge is 0.468 e. The van der Waals surface area contributed by atoms with Gasteiger partial charge in [0, 0.05) is 29.7 Å². The highest BCUT2D eigenvalue weighted by Crippen LogP contribution is 2.32. The topological polar surface area (TPSA) is 63.8 Å². The summed E-state index contributed by atoms with van der Waals surface area (Å²) < 4.78 is 10.6. The van der Waals surface area contributed by atoms with Gasteiger partial charge in [-0.1, -0.05) is 24.3 Å². The molecule has 0 bridgehead atoms. The lowest BCUT2D eigenvalue weighted by molar-refractivity contribution is -0.142. The summed E-state index contributed by atoms with van der Waals surface area (Å²) in [7, 11) is 0. The Labute approximate surface area is 129 Å². The number of rotatable bonds is 5. The Morgan fingerprint density at radius 1 is 1.45 bits per heavy atom. The van der Waals surface area contributed by atoms with Gasteiger partial charge in [-0.15, -0.1) is 0 Å². The van der Waals surface area contributed by atoms with Crippen molar-refractivity contribution < 1.29 is 13.9 Å². The molecule has 0 aliphatic carbocycles. The summed E-state index contributed by atoms with van der Waals surface area (Å²) in [6, 6.07) is 8.17. The highest BCUT2D eigenvalue weighted by molar-refractivity contribution is 5.88. The molecule has 2 heterocycles. The Bertz CT molecular complexity index is 690. The van der Waals surface area contributed by atoms with Gasteiger partial charge in [-0.2, -0.15) is 0 Å². The first-order valence-electron chi connectivity index (χ1n) is 7.67. The van der Waals surface area contributed by atoms with E-state index in [4.69, 9.17) is 9.15 Å². The van der Waals surface area contributed by atoms with E-state index in [1.807, 2.05) is 19.1 Å². The lowest BCUT2D eigenvalue weighted by atomic mass is 10.0. The number of amidine groups is 1. The molecule has 3 rings (SSSR count). The molecule has 0 saturated heterocycles. The van der Waals surface area contributed by atoms with E-state index in [0.717, 1.165) is 35.3 Å². The zero-order valence-electron chi connectivity index (χ0n) is 12.7. The van der Waals surface area contributed by atoms with Gasteiger partial charge < -0.3 is 14.5 Å². The Kier molecular flexibility index (Phi) is 4.42. The molecule has 0 spiro atoms. The molecule has 2 aromatic rings. The van der Waals surface area contributed by atoms with Crippen LogP contribution in [0.4, 0.5) is 0 Å². The first kappa shape index (κ1) is 14.6. The van der Waals surface area contributed by atoms with Crippen molar-refractivity contribution in [3.8, 4) is 0 Å². The molecule has 116 valence electrons. The van der Waals surface area contributed by atoms with Gasteiger partial charge in [0.15, 0.2) is 0 Å². The van der Waals surface area contributed by atoms with Gasteiger partial charge >= 0.3 is 5.97 Å². The number of hydrogen-bond acceptors (Lipinski definition) is 5. The lowest BCUT2D eigenvalue weighted by Crippen LogP contribution is -2.25. The van der Waals surface area contributed by atoms with Gasteiger partial charge in [0.1, 0.15) is 5.76 Å². The van der Waals surface area contributed by atoms with E-state index in [9.17, 15) is 4.79 Å². The van der Waals surface area contributed by atoms with E-state index in [-0.39, 0.29) is 11.9 Å². The number of benzene rings is 1. The van der Waals surface area contributed by atoms with Gasteiger partial charge in [-0.3, -0.25) is 9.79 Å². The van der Waals surface area contributed by atoms with Crippen LogP contribution < -0.4 is 5.32 Å². The van der Waals surface area contributed by atoms with Crippen LogP contribution in [0.3, 0.4) is 0 Å². The Balaban J connectivity index is 1.54. The number of fused-ring (bicyclic) bond motifs is 1. The lowest BCUT2D eigenvalue weighted by Gasteiger charge is -2.08. The molecular weight excluding hydrogens is 280 g/mol. The summed E-state index contributed by atoms with van der Waals surface area (Å²) in [5.41, 5.74) is 0. The third-order valence-electron chi connectivity index (χ3n) is 3.82. The van der Waals surface area contributed by atoms with Gasteiger partial charge in [0.25, 0.3) is 0 Å². The second-order valence-corrected chi connectivity index (χ2v) is 5.36. The number of nitrogens with zero attached hydrogens (tertiary/aromatic N) is 1. The maximum absolute atomic E-state index is 11.3. The first-order chi connectivity index (χ1) is 10.8. The van der Waals surface area contributed by atoms with Gasteiger partial charge in [0.05, 0.1) is 31.7 Å². The van der Waals surface area contributed by atoms with Crippen LogP contribution in [0.5, 0.6) is 0 Å². The van der Waals surface area contributed by atoms with E-state index in [0.29, 0.717) is 19.6 Å². The van der Waals surface area contributed by atoms with E-state index in [2.05, 4.69) is 22.4 Å². The summed E-state index contributed by atoms with van der Waals surface area (Å²) in [6.45, 7) is 3.51. The SMILES string of the molecule is CCOC(=O)CCNC1=NCC(c2occ3ccccc23)C1. The number of nitrogens with one attached hydrogen (secondary N) is 1. The average molecular weight is 300 g/mol. The third-order valence-corrected chi connectivity index (χ3v) is 3.82. The van der Waals surface area contributed by atoms with Crippen LogP contribution >= 0.6 is 0 Å². The predicted octanol–water partition coefficient (Wildman–Crippen LogP) is 2.86.